The molecule has 0 saturated carbocycles. The Morgan fingerprint density at radius 2 is 2.00 bits per heavy atom. The molecule has 1 aromatic rings. The van der Waals surface area contributed by atoms with Crippen molar-refractivity contribution in [3.05, 3.63) is 17.1 Å². The van der Waals surface area contributed by atoms with Crippen LogP contribution in [0.25, 0.3) is 0 Å². The van der Waals surface area contributed by atoms with Crippen LogP contribution in [0.15, 0.2) is 0 Å². The van der Waals surface area contributed by atoms with E-state index in [4.69, 9.17) is 4.74 Å². The van der Waals surface area contributed by atoms with E-state index < -0.39 is 0 Å². The largest absolute Gasteiger partial charge is 0.481 e. The summed E-state index contributed by atoms with van der Waals surface area (Å²) in [6, 6.07) is 0.168. The summed E-state index contributed by atoms with van der Waals surface area (Å²) in [6.07, 6.45) is 4.54. The maximum Gasteiger partial charge on any atom is 0.219 e. The Labute approximate surface area is 96.4 Å². The molecule has 0 aliphatic heterocycles. The highest BCUT2D eigenvalue weighted by molar-refractivity contribution is 5.33. The third-order valence-electron chi connectivity index (χ3n) is 3.18. The molecule has 1 aliphatic rings. The first-order valence-electron chi connectivity index (χ1n) is 5.87. The van der Waals surface area contributed by atoms with Gasteiger partial charge in [-0.2, -0.15) is 4.98 Å². The molecular weight excluding hydrogens is 202 g/mol. The number of ether oxygens (including phenoxy) is 1. The van der Waals surface area contributed by atoms with Gasteiger partial charge in [0.2, 0.25) is 5.88 Å². The van der Waals surface area contributed by atoms with E-state index in [0.29, 0.717) is 0 Å². The summed E-state index contributed by atoms with van der Waals surface area (Å²) < 4.78 is 5.37. The normalized spacial score (nSPS) is 16.7. The molecular formula is C12H19N3O. The van der Waals surface area contributed by atoms with Crippen LogP contribution in [0.1, 0.15) is 42.9 Å². The van der Waals surface area contributed by atoms with Gasteiger partial charge in [-0.1, -0.05) is 0 Å². The summed E-state index contributed by atoms with van der Waals surface area (Å²) in [7, 11) is 3.60. The average molecular weight is 221 g/mol. The lowest BCUT2D eigenvalue weighted by molar-refractivity contribution is 0.381. The summed E-state index contributed by atoms with van der Waals surface area (Å²) in [5.74, 6) is 1.60. The van der Waals surface area contributed by atoms with Gasteiger partial charge in [0.25, 0.3) is 0 Å². The zero-order valence-corrected chi connectivity index (χ0v) is 10.2. The summed E-state index contributed by atoms with van der Waals surface area (Å²) in [5, 5.41) is 3.16. The number of fused-ring (bicyclic) bond motifs is 1. The molecule has 1 aliphatic carbocycles. The Morgan fingerprint density at radius 3 is 2.69 bits per heavy atom. The molecule has 88 valence electrons. The number of rotatable bonds is 3. The van der Waals surface area contributed by atoms with Crippen molar-refractivity contribution in [3.8, 4) is 5.88 Å². The molecule has 0 radical (unpaired) electrons. The first kappa shape index (κ1) is 11.3. The number of hydrogen-bond donors (Lipinski definition) is 1. The number of methoxy groups -OCH3 is 1. The monoisotopic (exact) mass is 221 g/mol. The maximum atomic E-state index is 5.37. The summed E-state index contributed by atoms with van der Waals surface area (Å²) in [4.78, 5) is 9.12. The fraction of sp³-hybridized carbons (Fsp3) is 0.667. The van der Waals surface area contributed by atoms with Gasteiger partial charge in [-0.05, 0) is 39.7 Å². The van der Waals surface area contributed by atoms with Gasteiger partial charge in [-0.15, -0.1) is 0 Å². The van der Waals surface area contributed by atoms with Gasteiger partial charge < -0.3 is 10.1 Å². The lowest BCUT2D eigenvalue weighted by Crippen LogP contribution is -2.19. The van der Waals surface area contributed by atoms with Crippen molar-refractivity contribution in [2.45, 2.75) is 38.6 Å². The second-order valence-corrected chi connectivity index (χ2v) is 4.23. The van der Waals surface area contributed by atoms with E-state index in [9.17, 15) is 0 Å². The predicted molar refractivity (Wildman–Crippen MR) is 62.7 cm³/mol. The SMILES string of the molecule is CNC(C)c1nc2c(c(OC)n1)CCCC2. The van der Waals surface area contributed by atoms with Crippen molar-refractivity contribution in [2.75, 3.05) is 14.2 Å². The van der Waals surface area contributed by atoms with Crippen molar-refractivity contribution < 1.29 is 4.74 Å². The molecule has 1 heterocycles. The quantitative estimate of drug-likeness (QED) is 0.843. The first-order chi connectivity index (χ1) is 7.76. The van der Waals surface area contributed by atoms with Crippen molar-refractivity contribution >= 4 is 0 Å². The Bertz CT molecular complexity index is 362. The Kier molecular flexibility index (Phi) is 3.39. The lowest BCUT2D eigenvalue weighted by Gasteiger charge is -2.19. The van der Waals surface area contributed by atoms with Crippen LogP contribution in [0.3, 0.4) is 0 Å². The second-order valence-electron chi connectivity index (χ2n) is 4.23. The minimum atomic E-state index is 0.168. The van der Waals surface area contributed by atoms with Crippen LogP contribution in [-0.2, 0) is 12.8 Å². The molecule has 0 spiro atoms. The molecule has 1 N–H and O–H groups in total. The first-order valence-corrected chi connectivity index (χ1v) is 5.87. The van der Waals surface area contributed by atoms with E-state index in [1.807, 2.05) is 7.05 Å². The van der Waals surface area contributed by atoms with Crippen LogP contribution in [0, 0.1) is 0 Å². The van der Waals surface area contributed by atoms with Crippen molar-refractivity contribution in [3.63, 3.8) is 0 Å². The highest BCUT2D eigenvalue weighted by Gasteiger charge is 2.19. The van der Waals surface area contributed by atoms with E-state index in [-0.39, 0.29) is 6.04 Å². The Morgan fingerprint density at radius 1 is 1.25 bits per heavy atom. The standard InChI is InChI=1S/C12H19N3O/c1-8(13-2)11-14-10-7-5-4-6-9(10)12(15-11)16-3/h8,13H,4-7H2,1-3H3. The highest BCUT2D eigenvalue weighted by atomic mass is 16.5. The van der Waals surface area contributed by atoms with Gasteiger partial charge in [0, 0.05) is 5.56 Å². The molecule has 0 aromatic carbocycles. The van der Waals surface area contributed by atoms with Gasteiger partial charge in [-0.3, -0.25) is 0 Å². The van der Waals surface area contributed by atoms with E-state index in [1.54, 1.807) is 7.11 Å². The minimum absolute atomic E-state index is 0.168. The Hall–Kier alpha value is -1.16. The number of nitrogens with zero attached hydrogens (tertiary/aromatic N) is 2. The topological polar surface area (TPSA) is 47.0 Å². The second kappa shape index (κ2) is 4.78. The molecule has 1 aromatic heterocycles. The molecule has 1 unspecified atom stereocenters. The predicted octanol–water partition coefficient (Wildman–Crippen LogP) is 1.64. The van der Waals surface area contributed by atoms with E-state index >= 15 is 0 Å². The van der Waals surface area contributed by atoms with Gasteiger partial charge in [0.15, 0.2) is 0 Å². The maximum absolute atomic E-state index is 5.37. The number of aromatic nitrogens is 2. The van der Waals surface area contributed by atoms with E-state index in [2.05, 4.69) is 22.2 Å². The number of nitrogens with one attached hydrogen (secondary N) is 1. The average Bonchev–Trinajstić information content (AvgIpc) is 2.36. The third kappa shape index (κ3) is 2.02. The highest BCUT2D eigenvalue weighted by Crippen LogP contribution is 2.27. The van der Waals surface area contributed by atoms with Gasteiger partial charge in [0.05, 0.1) is 18.8 Å². The smallest absolute Gasteiger partial charge is 0.219 e. The third-order valence-corrected chi connectivity index (χ3v) is 3.18. The zero-order chi connectivity index (χ0) is 11.5. The fourth-order valence-electron chi connectivity index (χ4n) is 2.07. The summed E-state index contributed by atoms with van der Waals surface area (Å²) in [5.41, 5.74) is 2.39. The van der Waals surface area contributed by atoms with Gasteiger partial charge in [-0.25, -0.2) is 4.98 Å². The molecule has 2 rings (SSSR count). The van der Waals surface area contributed by atoms with Crippen LogP contribution < -0.4 is 10.1 Å². The summed E-state index contributed by atoms with van der Waals surface area (Å²) >= 11 is 0. The molecule has 1 atom stereocenters. The van der Waals surface area contributed by atoms with Crippen LogP contribution in [0.4, 0.5) is 0 Å². The molecule has 4 nitrogen and oxygen atoms in total. The summed E-state index contributed by atoms with van der Waals surface area (Å²) in [6.45, 7) is 2.06. The molecule has 0 saturated heterocycles. The zero-order valence-electron chi connectivity index (χ0n) is 10.2. The molecule has 0 amide bonds. The number of hydrogen-bond acceptors (Lipinski definition) is 4. The lowest BCUT2D eigenvalue weighted by atomic mass is 9.96. The fourth-order valence-corrected chi connectivity index (χ4v) is 2.07. The Balaban J connectivity index is 2.43. The molecule has 0 fully saturated rings. The van der Waals surface area contributed by atoms with Gasteiger partial charge in [0.1, 0.15) is 5.82 Å². The van der Waals surface area contributed by atoms with Crippen LogP contribution in [0.5, 0.6) is 5.88 Å². The van der Waals surface area contributed by atoms with Crippen LogP contribution in [-0.4, -0.2) is 24.1 Å². The molecule has 4 heteroatoms. The molecule has 16 heavy (non-hydrogen) atoms. The van der Waals surface area contributed by atoms with Crippen molar-refractivity contribution in [2.24, 2.45) is 0 Å². The van der Waals surface area contributed by atoms with Gasteiger partial charge >= 0.3 is 0 Å². The number of aryl methyl sites for hydroxylation is 1. The van der Waals surface area contributed by atoms with Crippen LogP contribution >= 0.6 is 0 Å². The van der Waals surface area contributed by atoms with Crippen molar-refractivity contribution in [1.29, 1.82) is 0 Å². The minimum Gasteiger partial charge on any atom is -0.481 e. The van der Waals surface area contributed by atoms with E-state index in [1.165, 1.54) is 24.1 Å². The van der Waals surface area contributed by atoms with Crippen molar-refractivity contribution in [1.82, 2.24) is 15.3 Å². The van der Waals surface area contributed by atoms with Crippen LogP contribution in [0.2, 0.25) is 0 Å². The molecule has 0 bridgehead atoms. The van der Waals surface area contributed by atoms with E-state index in [0.717, 1.165) is 24.5 Å².